The van der Waals surface area contributed by atoms with E-state index in [0.717, 1.165) is 24.4 Å². The van der Waals surface area contributed by atoms with Gasteiger partial charge in [-0.1, -0.05) is 24.3 Å². The summed E-state index contributed by atoms with van der Waals surface area (Å²) in [6.45, 7) is 5.96. The van der Waals surface area contributed by atoms with E-state index in [1.165, 1.54) is 31.5 Å². The quantitative estimate of drug-likeness (QED) is 0.834. The van der Waals surface area contributed by atoms with Gasteiger partial charge < -0.3 is 15.3 Å². The first-order chi connectivity index (χ1) is 9.69. The number of hydrogen-bond donors (Lipinski definition) is 2. The van der Waals surface area contributed by atoms with Crippen molar-refractivity contribution in [3.63, 3.8) is 0 Å². The molecule has 1 unspecified atom stereocenters. The second-order valence-corrected chi connectivity index (χ2v) is 6.11. The van der Waals surface area contributed by atoms with Crippen LogP contribution in [0.15, 0.2) is 24.3 Å². The van der Waals surface area contributed by atoms with Crippen molar-refractivity contribution in [3.05, 3.63) is 35.4 Å². The van der Waals surface area contributed by atoms with E-state index >= 15 is 0 Å². The summed E-state index contributed by atoms with van der Waals surface area (Å²) in [7, 11) is 2.21. The summed E-state index contributed by atoms with van der Waals surface area (Å²) in [5, 5.41) is 12.7. The summed E-state index contributed by atoms with van der Waals surface area (Å²) < 4.78 is 0. The number of piperidine rings is 1. The average molecular weight is 276 g/mol. The van der Waals surface area contributed by atoms with E-state index in [0.29, 0.717) is 6.04 Å². The molecule has 2 rings (SSSR count). The fourth-order valence-electron chi connectivity index (χ4n) is 2.95. The Balaban J connectivity index is 1.69. The third kappa shape index (κ3) is 4.58. The van der Waals surface area contributed by atoms with Crippen molar-refractivity contribution >= 4 is 0 Å². The molecule has 0 saturated carbocycles. The highest BCUT2D eigenvalue weighted by molar-refractivity contribution is 5.22. The predicted molar refractivity (Wildman–Crippen MR) is 83.8 cm³/mol. The normalized spacial score (nSPS) is 19.1. The summed E-state index contributed by atoms with van der Waals surface area (Å²) >= 11 is 0. The van der Waals surface area contributed by atoms with E-state index in [2.05, 4.69) is 36.3 Å². The fourth-order valence-corrected chi connectivity index (χ4v) is 2.95. The van der Waals surface area contributed by atoms with Gasteiger partial charge in [0, 0.05) is 6.04 Å². The molecule has 1 aliphatic heterocycles. The molecule has 20 heavy (non-hydrogen) atoms. The lowest BCUT2D eigenvalue weighted by molar-refractivity contribution is 0.190. The highest BCUT2D eigenvalue weighted by atomic mass is 16.3. The highest BCUT2D eigenvalue weighted by Gasteiger charge is 2.21. The molecule has 3 nitrogen and oxygen atoms in total. The van der Waals surface area contributed by atoms with E-state index in [9.17, 15) is 0 Å². The van der Waals surface area contributed by atoms with Crippen molar-refractivity contribution < 1.29 is 5.11 Å². The third-order valence-electron chi connectivity index (χ3n) is 4.56. The SMILES string of the molecule is CC(NCCc1ccc(CO)cc1)C1CCN(C)CC1. The van der Waals surface area contributed by atoms with E-state index in [-0.39, 0.29) is 6.61 Å². The number of rotatable bonds is 6. The summed E-state index contributed by atoms with van der Waals surface area (Å²) in [5.74, 6) is 0.822. The molecule has 3 heteroatoms. The molecule has 2 N–H and O–H groups in total. The Hall–Kier alpha value is -0.900. The smallest absolute Gasteiger partial charge is 0.0681 e. The first kappa shape index (κ1) is 15.5. The number of likely N-dealkylation sites (tertiary alicyclic amines) is 1. The van der Waals surface area contributed by atoms with Crippen molar-refractivity contribution in [1.82, 2.24) is 10.2 Å². The van der Waals surface area contributed by atoms with Gasteiger partial charge in [-0.15, -0.1) is 0 Å². The molecular weight excluding hydrogens is 248 g/mol. The number of aliphatic hydroxyl groups is 1. The van der Waals surface area contributed by atoms with E-state index in [1.807, 2.05) is 12.1 Å². The summed E-state index contributed by atoms with van der Waals surface area (Å²) in [6, 6.07) is 8.87. The second kappa shape index (κ2) is 7.77. The van der Waals surface area contributed by atoms with Crippen molar-refractivity contribution in [2.75, 3.05) is 26.7 Å². The Morgan fingerprint density at radius 1 is 1.20 bits per heavy atom. The van der Waals surface area contributed by atoms with Crippen molar-refractivity contribution in [1.29, 1.82) is 0 Å². The number of hydrogen-bond acceptors (Lipinski definition) is 3. The van der Waals surface area contributed by atoms with Gasteiger partial charge >= 0.3 is 0 Å². The predicted octanol–water partition coefficient (Wildman–Crippen LogP) is 2.04. The van der Waals surface area contributed by atoms with Gasteiger partial charge in [0.2, 0.25) is 0 Å². The summed E-state index contributed by atoms with van der Waals surface area (Å²) in [4.78, 5) is 2.42. The van der Waals surface area contributed by atoms with Crippen molar-refractivity contribution in [2.45, 2.75) is 38.8 Å². The third-order valence-corrected chi connectivity index (χ3v) is 4.56. The van der Waals surface area contributed by atoms with E-state index in [4.69, 9.17) is 5.11 Å². The van der Waals surface area contributed by atoms with Crippen LogP contribution >= 0.6 is 0 Å². The van der Waals surface area contributed by atoms with Crippen LogP contribution in [-0.2, 0) is 13.0 Å². The first-order valence-electron chi connectivity index (χ1n) is 7.79. The number of nitrogens with zero attached hydrogens (tertiary/aromatic N) is 1. The van der Waals surface area contributed by atoms with Crippen molar-refractivity contribution in [3.8, 4) is 0 Å². The molecule has 1 aliphatic rings. The average Bonchev–Trinajstić information content (AvgIpc) is 2.48. The number of aliphatic hydroxyl groups excluding tert-OH is 1. The molecule has 1 fully saturated rings. The maximum absolute atomic E-state index is 9.02. The monoisotopic (exact) mass is 276 g/mol. The van der Waals surface area contributed by atoms with Gasteiger partial charge in [-0.25, -0.2) is 0 Å². The summed E-state index contributed by atoms with van der Waals surface area (Å²) in [6.07, 6.45) is 3.69. The Bertz CT molecular complexity index is 382. The Labute approximate surface area is 123 Å². The number of nitrogens with one attached hydrogen (secondary N) is 1. The minimum atomic E-state index is 0.131. The Kier molecular flexibility index (Phi) is 6.02. The van der Waals surface area contributed by atoms with Gasteiger partial charge in [0.25, 0.3) is 0 Å². The van der Waals surface area contributed by atoms with Crippen LogP contribution in [0.1, 0.15) is 30.9 Å². The van der Waals surface area contributed by atoms with Crippen LogP contribution in [0.2, 0.25) is 0 Å². The van der Waals surface area contributed by atoms with Crippen LogP contribution in [0.3, 0.4) is 0 Å². The van der Waals surface area contributed by atoms with Crippen LogP contribution in [0.25, 0.3) is 0 Å². The molecule has 0 radical (unpaired) electrons. The van der Waals surface area contributed by atoms with Crippen LogP contribution in [0.5, 0.6) is 0 Å². The second-order valence-electron chi connectivity index (χ2n) is 6.11. The zero-order valence-corrected chi connectivity index (χ0v) is 12.8. The molecule has 112 valence electrons. The lowest BCUT2D eigenvalue weighted by Crippen LogP contribution is -2.41. The van der Waals surface area contributed by atoms with E-state index < -0.39 is 0 Å². The van der Waals surface area contributed by atoms with Crippen LogP contribution in [0, 0.1) is 5.92 Å². The van der Waals surface area contributed by atoms with Gasteiger partial charge in [-0.3, -0.25) is 0 Å². The Morgan fingerprint density at radius 3 is 2.40 bits per heavy atom. The molecule has 1 atom stereocenters. The van der Waals surface area contributed by atoms with Gasteiger partial charge in [-0.2, -0.15) is 0 Å². The van der Waals surface area contributed by atoms with Crippen LogP contribution in [-0.4, -0.2) is 42.7 Å². The van der Waals surface area contributed by atoms with Crippen molar-refractivity contribution in [2.24, 2.45) is 5.92 Å². The largest absolute Gasteiger partial charge is 0.392 e. The first-order valence-corrected chi connectivity index (χ1v) is 7.79. The van der Waals surface area contributed by atoms with Gasteiger partial charge in [0.05, 0.1) is 6.61 Å². The standard InChI is InChI=1S/C17H28N2O/c1-14(17-8-11-19(2)12-9-17)18-10-7-15-3-5-16(13-20)6-4-15/h3-6,14,17-18,20H,7-13H2,1-2H3. The number of benzene rings is 1. The molecular formula is C17H28N2O. The molecule has 1 heterocycles. The maximum Gasteiger partial charge on any atom is 0.0681 e. The van der Waals surface area contributed by atoms with Crippen LogP contribution < -0.4 is 5.32 Å². The Morgan fingerprint density at radius 2 is 1.80 bits per heavy atom. The highest BCUT2D eigenvalue weighted by Crippen LogP contribution is 2.19. The maximum atomic E-state index is 9.02. The zero-order chi connectivity index (χ0) is 14.4. The van der Waals surface area contributed by atoms with Gasteiger partial charge in [-0.05, 0) is 69.9 Å². The summed E-state index contributed by atoms with van der Waals surface area (Å²) in [5.41, 5.74) is 2.33. The topological polar surface area (TPSA) is 35.5 Å². The van der Waals surface area contributed by atoms with Gasteiger partial charge in [0.15, 0.2) is 0 Å². The molecule has 1 aromatic carbocycles. The molecule has 0 spiro atoms. The molecule has 1 saturated heterocycles. The minimum absolute atomic E-state index is 0.131. The molecule has 0 bridgehead atoms. The minimum Gasteiger partial charge on any atom is -0.392 e. The van der Waals surface area contributed by atoms with E-state index in [1.54, 1.807) is 0 Å². The molecule has 1 aromatic rings. The lowest BCUT2D eigenvalue weighted by Gasteiger charge is -2.33. The molecule has 0 aliphatic carbocycles. The lowest BCUT2D eigenvalue weighted by atomic mass is 9.90. The molecule has 0 aromatic heterocycles. The van der Waals surface area contributed by atoms with Crippen LogP contribution in [0.4, 0.5) is 0 Å². The molecule has 0 amide bonds. The van der Waals surface area contributed by atoms with Gasteiger partial charge in [0.1, 0.15) is 0 Å². The fraction of sp³-hybridized carbons (Fsp3) is 0.647. The zero-order valence-electron chi connectivity index (χ0n) is 12.8.